The van der Waals surface area contributed by atoms with Gasteiger partial charge in [0.05, 0.1) is 6.61 Å². The predicted octanol–water partition coefficient (Wildman–Crippen LogP) is -2.77. The molecule has 1 aliphatic heterocycles. The number of hydrogen-bond donors (Lipinski definition) is 0. The second-order valence-corrected chi connectivity index (χ2v) is 4.83. The van der Waals surface area contributed by atoms with Crippen LogP contribution in [0.3, 0.4) is 0 Å². The van der Waals surface area contributed by atoms with Crippen LogP contribution in [-0.2, 0) is 25.7 Å². The third kappa shape index (κ3) is 6.45. The van der Waals surface area contributed by atoms with Crippen molar-refractivity contribution in [3.8, 4) is 0 Å². The summed E-state index contributed by atoms with van der Waals surface area (Å²) in [5.41, 5.74) is 1.56. The minimum Gasteiger partial charge on any atom is -0.875 e. The molecule has 0 radical (unpaired) electrons. The van der Waals surface area contributed by atoms with Gasteiger partial charge in [0.2, 0.25) is 0 Å². The van der Waals surface area contributed by atoms with Crippen LogP contribution in [0.4, 0.5) is 0 Å². The van der Waals surface area contributed by atoms with E-state index in [9.17, 15) is 19.5 Å². The van der Waals surface area contributed by atoms with Gasteiger partial charge in [-0.1, -0.05) is 18.2 Å². The number of carbonyl (C=O) groups excluding carboxylic acids is 4. The molecule has 0 aliphatic carbocycles. The molecule has 0 fully saturated rings. The Balaban J connectivity index is 0.00000185. The number of esters is 1. The van der Waals surface area contributed by atoms with Crippen molar-refractivity contribution in [3.05, 3.63) is 47.2 Å². The van der Waals surface area contributed by atoms with Gasteiger partial charge in [-0.25, -0.2) is 4.79 Å². The first-order chi connectivity index (χ1) is 11.5. The zero-order chi connectivity index (χ0) is 18.1. The molecule has 0 saturated carbocycles. The van der Waals surface area contributed by atoms with Gasteiger partial charge in [-0.15, -0.1) is 5.76 Å². The van der Waals surface area contributed by atoms with E-state index in [4.69, 9.17) is 4.79 Å². The molecule has 0 aromatic heterocycles. The number of carbonyl (C=O) groups is 4. The van der Waals surface area contributed by atoms with Crippen molar-refractivity contribution in [1.29, 1.82) is 0 Å². The molecule has 0 spiro atoms. The number of hydrogen-bond acceptors (Lipinski definition) is 6. The summed E-state index contributed by atoms with van der Waals surface area (Å²) in [6, 6.07) is 7.26. The maximum Gasteiger partial charge on any atom is 1.00 e. The van der Waals surface area contributed by atoms with E-state index in [1.54, 1.807) is 24.0 Å². The van der Waals surface area contributed by atoms with Crippen molar-refractivity contribution in [2.45, 2.75) is 19.9 Å². The van der Waals surface area contributed by atoms with Crippen molar-refractivity contribution >= 4 is 24.4 Å². The van der Waals surface area contributed by atoms with Crippen LogP contribution < -0.4 is 34.7 Å². The minimum absolute atomic E-state index is 0. The van der Waals surface area contributed by atoms with E-state index < -0.39 is 17.5 Å². The minimum atomic E-state index is -1.04. The number of nitrogens with zero attached hydrogens (tertiary/aromatic N) is 1. The second-order valence-electron chi connectivity index (χ2n) is 4.83. The van der Waals surface area contributed by atoms with E-state index in [2.05, 4.69) is 4.74 Å². The van der Waals surface area contributed by atoms with Crippen molar-refractivity contribution in [1.82, 2.24) is 4.90 Å². The molecule has 1 aliphatic rings. The van der Waals surface area contributed by atoms with E-state index in [0.717, 1.165) is 11.6 Å². The first-order valence-corrected chi connectivity index (χ1v) is 7.27. The van der Waals surface area contributed by atoms with E-state index in [1.807, 2.05) is 18.9 Å². The molecule has 0 saturated heterocycles. The van der Waals surface area contributed by atoms with Crippen LogP contribution in [-0.4, -0.2) is 42.5 Å². The SMILES string of the molecule is C=O.CCOC(=O)C(=O)/C=C(\[O-])CCN1Cc2ccccc2C1=O.[Na+]. The normalized spacial score (nSPS) is 12.4. The number of fused-ring (bicyclic) bond motifs is 1. The van der Waals surface area contributed by atoms with Gasteiger partial charge in [-0.05, 0) is 31.1 Å². The first-order valence-electron chi connectivity index (χ1n) is 7.27. The second kappa shape index (κ2) is 11.6. The van der Waals surface area contributed by atoms with Crippen LogP contribution in [0.5, 0.6) is 0 Å². The Labute approximate surface area is 167 Å². The molecule has 0 unspecified atom stereocenters. The zero-order valence-corrected chi connectivity index (χ0v) is 16.3. The zero-order valence-electron chi connectivity index (χ0n) is 14.3. The summed E-state index contributed by atoms with van der Waals surface area (Å²) in [5.74, 6) is -2.63. The maximum atomic E-state index is 12.1. The van der Waals surface area contributed by atoms with Gasteiger partial charge in [-0.3, -0.25) is 9.59 Å². The topological polar surface area (TPSA) is 104 Å². The van der Waals surface area contributed by atoms with Crippen LogP contribution in [0.1, 0.15) is 29.3 Å². The summed E-state index contributed by atoms with van der Waals surface area (Å²) in [4.78, 5) is 44.1. The number of ether oxygens (including phenoxy) is 1. The quantitative estimate of drug-likeness (QED) is 0.180. The van der Waals surface area contributed by atoms with Gasteiger partial charge in [0, 0.05) is 18.7 Å². The predicted molar refractivity (Wildman–Crippen MR) is 82.6 cm³/mol. The number of amides is 1. The van der Waals surface area contributed by atoms with Crippen LogP contribution >= 0.6 is 0 Å². The van der Waals surface area contributed by atoms with Crippen molar-refractivity contribution in [3.63, 3.8) is 0 Å². The summed E-state index contributed by atoms with van der Waals surface area (Å²) in [7, 11) is 0. The Morgan fingerprint density at radius 1 is 1.32 bits per heavy atom. The van der Waals surface area contributed by atoms with Crippen LogP contribution in [0.15, 0.2) is 36.1 Å². The molecule has 1 aromatic carbocycles. The summed E-state index contributed by atoms with van der Waals surface area (Å²) in [5, 5.41) is 11.7. The molecule has 7 nitrogen and oxygen atoms in total. The van der Waals surface area contributed by atoms with E-state index >= 15 is 0 Å². The van der Waals surface area contributed by atoms with Gasteiger partial charge < -0.3 is 19.5 Å². The van der Waals surface area contributed by atoms with Gasteiger partial charge in [-0.2, -0.15) is 0 Å². The van der Waals surface area contributed by atoms with Crippen LogP contribution in [0.25, 0.3) is 0 Å². The molecule has 1 aromatic rings. The average Bonchev–Trinajstić information content (AvgIpc) is 2.91. The van der Waals surface area contributed by atoms with Gasteiger partial charge in [0.1, 0.15) is 6.79 Å². The Kier molecular flexibility index (Phi) is 10.7. The van der Waals surface area contributed by atoms with Gasteiger partial charge in [0.15, 0.2) is 0 Å². The fourth-order valence-electron chi connectivity index (χ4n) is 2.22. The Morgan fingerprint density at radius 2 is 1.96 bits per heavy atom. The van der Waals surface area contributed by atoms with E-state index in [1.165, 1.54) is 0 Å². The molecule has 1 heterocycles. The van der Waals surface area contributed by atoms with Crippen LogP contribution in [0.2, 0.25) is 0 Å². The van der Waals surface area contributed by atoms with E-state index in [-0.39, 0.29) is 55.0 Å². The monoisotopic (exact) mass is 355 g/mol. The Morgan fingerprint density at radius 3 is 2.56 bits per heavy atom. The largest absolute Gasteiger partial charge is 1.00 e. The molecule has 2 rings (SSSR count). The number of ketones is 1. The number of benzene rings is 1. The molecule has 0 bridgehead atoms. The maximum absolute atomic E-state index is 12.1. The molecule has 0 atom stereocenters. The molecule has 25 heavy (non-hydrogen) atoms. The summed E-state index contributed by atoms with van der Waals surface area (Å²) in [6.45, 7) is 4.31. The summed E-state index contributed by atoms with van der Waals surface area (Å²) >= 11 is 0. The average molecular weight is 355 g/mol. The van der Waals surface area contributed by atoms with Gasteiger partial charge in [0.25, 0.3) is 11.7 Å². The molecule has 1 amide bonds. The van der Waals surface area contributed by atoms with Crippen molar-refractivity contribution in [2.24, 2.45) is 0 Å². The number of rotatable bonds is 6. The third-order valence-corrected chi connectivity index (χ3v) is 3.29. The Hall–Kier alpha value is -1.96. The third-order valence-electron chi connectivity index (χ3n) is 3.29. The van der Waals surface area contributed by atoms with Crippen molar-refractivity contribution < 1.29 is 58.6 Å². The Bertz CT molecular complexity index is 658. The fourth-order valence-corrected chi connectivity index (χ4v) is 2.22. The molecular formula is C17H18NNaO6. The fraction of sp³-hybridized carbons (Fsp3) is 0.294. The van der Waals surface area contributed by atoms with Crippen LogP contribution in [0, 0.1) is 0 Å². The smallest absolute Gasteiger partial charge is 0.875 e. The first kappa shape index (κ1) is 23.0. The van der Waals surface area contributed by atoms with E-state index in [0.29, 0.717) is 12.1 Å². The molecule has 128 valence electrons. The van der Waals surface area contributed by atoms with Gasteiger partial charge >= 0.3 is 35.5 Å². The standard InChI is InChI=1S/C16H17NO5.CH2O.Na/c1-2-22-16(21)14(19)9-12(18)7-8-17-10-11-5-3-4-6-13(11)15(17)20;1-2;/h3-6,9,18H,2,7-8,10H2,1H3;1H2;/q;;+1/p-1/b12-9-;;. The van der Waals surface area contributed by atoms with Crippen molar-refractivity contribution in [2.75, 3.05) is 13.2 Å². The molecule has 0 N–H and O–H groups in total. The summed E-state index contributed by atoms with van der Waals surface area (Å²) in [6.07, 6.45) is 0.719. The molecule has 8 heteroatoms. The summed E-state index contributed by atoms with van der Waals surface area (Å²) < 4.78 is 4.51. The molecular weight excluding hydrogens is 337 g/mol.